The number of rotatable bonds is 4. The summed E-state index contributed by atoms with van der Waals surface area (Å²) in [6.07, 6.45) is 0. The van der Waals surface area contributed by atoms with Crippen molar-refractivity contribution in [2.24, 2.45) is 5.73 Å². The molecule has 0 aliphatic rings. The van der Waals surface area contributed by atoms with Crippen LogP contribution in [-0.4, -0.2) is 22.2 Å². The average Bonchev–Trinajstić information content (AvgIpc) is 2.87. The highest BCUT2D eigenvalue weighted by Gasteiger charge is 2.15. The van der Waals surface area contributed by atoms with E-state index in [1.165, 1.54) is 11.5 Å². The maximum atomic E-state index is 7.62. The molecule has 0 saturated carbocycles. The van der Waals surface area contributed by atoms with Crippen LogP contribution in [0.25, 0.3) is 0 Å². The Kier molecular flexibility index (Phi) is 3.80. The van der Waals surface area contributed by atoms with Gasteiger partial charge in [0.2, 0.25) is 5.13 Å². The fourth-order valence-corrected chi connectivity index (χ4v) is 2.48. The fourth-order valence-electron chi connectivity index (χ4n) is 1.69. The second kappa shape index (κ2) is 5.36. The average molecular weight is 275 g/mol. The number of hydrogen-bond donors (Lipinski definition) is 2. The van der Waals surface area contributed by atoms with E-state index in [0.29, 0.717) is 11.5 Å². The summed E-state index contributed by atoms with van der Waals surface area (Å²) >= 11 is 1.35. The van der Waals surface area contributed by atoms with Crippen LogP contribution in [0.1, 0.15) is 31.2 Å². The van der Waals surface area contributed by atoms with Crippen LogP contribution >= 0.6 is 11.5 Å². The molecule has 0 amide bonds. The molecule has 1 heterocycles. The van der Waals surface area contributed by atoms with E-state index in [4.69, 9.17) is 11.1 Å². The Morgan fingerprint density at radius 2 is 2.05 bits per heavy atom. The summed E-state index contributed by atoms with van der Waals surface area (Å²) in [6.45, 7) is 4.13. The lowest BCUT2D eigenvalue weighted by atomic mass is 10.1. The van der Waals surface area contributed by atoms with Gasteiger partial charge >= 0.3 is 0 Å². The van der Waals surface area contributed by atoms with Crippen LogP contribution in [0.4, 0.5) is 10.8 Å². The van der Waals surface area contributed by atoms with E-state index in [0.717, 1.165) is 16.6 Å². The lowest BCUT2D eigenvalue weighted by Crippen LogP contribution is -2.18. The Bertz CT molecular complexity index is 590. The first-order chi connectivity index (χ1) is 9.00. The summed E-state index contributed by atoms with van der Waals surface area (Å²) in [5.41, 5.74) is 7.17. The van der Waals surface area contributed by atoms with E-state index in [1.54, 1.807) is 0 Å². The molecule has 0 aliphatic carbocycles. The molecule has 0 aliphatic heterocycles. The summed E-state index contributed by atoms with van der Waals surface area (Å²) in [5, 5.41) is 8.43. The molecule has 0 bridgehead atoms. The standard InChI is InChI=1S/C13H17N5S/c1-8(2)12-16-13(19-17-12)18(3)10-7-5-4-6-9(10)11(14)15/h4-8H,1-3H3,(H3,14,15). The van der Waals surface area contributed by atoms with E-state index >= 15 is 0 Å². The predicted octanol–water partition coefficient (Wildman–Crippen LogP) is 2.71. The van der Waals surface area contributed by atoms with Gasteiger partial charge in [-0.05, 0) is 12.1 Å². The zero-order chi connectivity index (χ0) is 14.0. The monoisotopic (exact) mass is 275 g/mol. The number of hydrogen-bond acceptors (Lipinski definition) is 5. The van der Waals surface area contributed by atoms with Gasteiger partial charge in [0.25, 0.3) is 0 Å². The van der Waals surface area contributed by atoms with E-state index < -0.39 is 0 Å². The molecule has 1 aromatic heterocycles. The summed E-state index contributed by atoms with van der Waals surface area (Å²) in [6, 6.07) is 7.54. The van der Waals surface area contributed by atoms with Crippen molar-refractivity contribution in [1.29, 1.82) is 5.41 Å². The van der Waals surface area contributed by atoms with Crippen LogP contribution in [0, 0.1) is 5.41 Å². The number of aromatic nitrogens is 2. The van der Waals surface area contributed by atoms with Crippen molar-refractivity contribution in [3.05, 3.63) is 35.7 Å². The van der Waals surface area contributed by atoms with E-state index in [9.17, 15) is 0 Å². The molecule has 0 spiro atoms. The molecule has 100 valence electrons. The topological polar surface area (TPSA) is 78.9 Å². The lowest BCUT2D eigenvalue weighted by Gasteiger charge is -2.18. The van der Waals surface area contributed by atoms with Gasteiger partial charge in [0, 0.05) is 30.1 Å². The smallest absolute Gasteiger partial charge is 0.209 e. The van der Waals surface area contributed by atoms with Crippen LogP contribution in [0.3, 0.4) is 0 Å². The van der Waals surface area contributed by atoms with Crippen molar-refractivity contribution in [3.8, 4) is 0 Å². The second-order valence-electron chi connectivity index (χ2n) is 4.58. The predicted molar refractivity (Wildman–Crippen MR) is 79.5 cm³/mol. The summed E-state index contributed by atoms with van der Waals surface area (Å²) in [5.74, 6) is 1.20. The number of nitrogen functional groups attached to an aromatic ring is 1. The molecule has 1 aromatic carbocycles. The molecule has 0 saturated heterocycles. The highest BCUT2D eigenvalue weighted by molar-refractivity contribution is 7.09. The largest absolute Gasteiger partial charge is 0.384 e. The minimum Gasteiger partial charge on any atom is -0.384 e. The van der Waals surface area contributed by atoms with Crippen molar-refractivity contribution >= 4 is 28.2 Å². The minimum absolute atomic E-state index is 0.0519. The quantitative estimate of drug-likeness (QED) is 0.664. The van der Waals surface area contributed by atoms with E-state index in [2.05, 4.69) is 23.2 Å². The first-order valence-electron chi connectivity index (χ1n) is 6.01. The van der Waals surface area contributed by atoms with E-state index in [1.807, 2.05) is 36.2 Å². The number of amidine groups is 1. The third-order valence-electron chi connectivity index (χ3n) is 2.79. The number of nitrogens with zero attached hydrogens (tertiary/aromatic N) is 3. The van der Waals surface area contributed by atoms with Crippen molar-refractivity contribution in [1.82, 2.24) is 9.36 Å². The van der Waals surface area contributed by atoms with Crippen molar-refractivity contribution in [2.45, 2.75) is 19.8 Å². The van der Waals surface area contributed by atoms with Gasteiger partial charge in [-0.25, -0.2) is 4.98 Å². The van der Waals surface area contributed by atoms with Crippen molar-refractivity contribution in [3.63, 3.8) is 0 Å². The molecular weight excluding hydrogens is 258 g/mol. The molecule has 6 heteroatoms. The number of nitrogens with two attached hydrogens (primary N) is 1. The molecule has 0 unspecified atom stereocenters. The Balaban J connectivity index is 2.38. The van der Waals surface area contributed by atoms with Crippen LogP contribution < -0.4 is 10.6 Å². The van der Waals surface area contributed by atoms with Gasteiger partial charge in [0.05, 0.1) is 5.69 Å². The molecule has 0 atom stereocenters. The molecular formula is C13H17N5S. The normalized spacial score (nSPS) is 10.7. The van der Waals surface area contributed by atoms with Crippen LogP contribution in [0.5, 0.6) is 0 Å². The first-order valence-corrected chi connectivity index (χ1v) is 6.78. The van der Waals surface area contributed by atoms with Gasteiger partial charge in [0.15, 0.2) is 0 Å². The SMILES string of the molecule is CC(C)c1nsc(N(C)c2ccccc2C(=N)N)n1. The molecule has 0 fully saturated rings. The third kappa shape index (κ3) is 2.73. The van der Waals surface area contributed by atoms with Gasteiger partial charge in [0.1, 0.15) is 11.7 Å². The summed E-state index contributed by atoms with van der Waals surface area (Å²) < 4.78 is 4.34. The Morgan fingerprint density at radius 3 is 2.63 bits per heavy atom. The van der Waals surface area contributed by atoms with Gasteiger partial charge in [-0.15, -0.1) is 0 Å². The Hall–Kier alpha value is -1.95. The van der Waals surface area contributed by atoms with Gasteiger partial charge in [-0.2, -0.15) is 4.37 Å². The summed E-state index contributed by atoms with van der Waals surface area (Å²) in [4.78, 5) is 6.43. The number of para-hydroxylation sites is 1. The first kappa shape index (κ1) is 13.5. The highest BCUT2D eigenvalue weighted by Crippen LogP contribution is 2.29. The molecule has 0 radical (unpaired) electrons. The molecule has 2 rings (SSSR count). The number of nitrogens with one attached hydrogen (secondary N) is 1. The number of anilines is 2. The highest BCUT2D eigenvalue weighted by atomic mass is 32.1. The van der Waals surface area contributed by atoms with Crippen LogP contribution in [0.15, 0.2) is 24.3 Å². The maximum absolute atomic E-state index is 7.62. The van der Waals surface area contributed by atoms with Gasteiger partial charge in [-0.3, -0.25) is 5.41 Å². The van der Waals surface area contributed by atoms with Gasteiger partial charge < -0.3 is 10.6 Å². The minimum atomic E-state index is 0.0519. The fraction of sp³-hybridized carbons (Fsp3) is 0.308. The third-order valence-corrected chi connectivity index (χ3v) is 3.60. The lowest BCUT2D eigenvalue weighted by molar-refractivity contribution is 0.798. The Labute approximate surface area is 116 Å². The summed E-state index contributed by atoms with van der Waals surface area (Å²) in [7, 11) is 1.91. The number of benzene rings is 1. The van der Waals surface area contributed by atoms with Crippen LogP contribution in [-0.2, 0) is 0 Å². The molecule has 2 aromatic rings. The maximum Gasteiger partial charge on any atom is 0.209 e. The second-order valence-corrected chi connectivity index (χ2v) is 5.31. The van der Waals surface area contributed by atoms with Crippen molar-refractivity contribution in [2.75, 3.05) is 11.9 Å². The van der Waals surface area contributed by atoms with Crippen molar-refractivity contribution < 1.29 is 0 Å². The van der Waals surface area contributed by atoms with E-state index in [-0.39, 0.29) is 5.84 Å². The molecule has 19 heavy (non-hydrogen) atoms. The molecule has 5 nitrogen and oxygen atoms in total. The van der Waals surface area contributed by atoms with Crippen LogP contribution in [0.2, 0.25) is 0 Å². The van der Waals surface area contributed by atoms with Gasteiger partial charge in [-0.1, -0.05) is 26.0 Å². The Morgan fingerprint density at radius 1 is 1.37 bits per heavy atom. The molecule has 3 N–H and O–H groups in total. The zero-order valence-corrected chi connectivity index (χ0v) is 12.0. The zero-order valence-electron chi connectivity index (χ0n) is 11.2.